The third-order valence-electron chi connectivity index (χ3n) is 4.38. The third-order valence-corrected chi connectivity index (χ3v) is 4.38. The molecular formula is C20H18N8. The van der Waals surface area contributed by atoms with Crippen LogP contribution in [0.5, 0.6) is 0 Å². The Morgan fingerprint density at radius 1 is 0.821 bits per heavy atom. The first kappa shape index (κ1) is 16.5. The van der Waals surface area contributed by atoms with Crippen molar-refractivity contribution in [1.29, 1.82) is 0 Å². The van der Waals surface area contributed by atoms with Crippen LogP contribution in [0.1, 0.15) is 37.9 Å². The number of fused-ring (bicyclic) bond motifs is 8. The molecule has 0 unspecified atom stereocenters. The van der Waals surface area contributed by atoms with Crippen LogP contribution in [0.3, 0.4) is 0 Å². The second-order valence-corrected chi connectivity index (χ2v) is 7.67. The van der Waals surface area contributed by atoms with Gasteiger partial charge in [-0.1, -0.05) is 0 Å². The molecule has 0 atom stereocenters. The van der Waals surface area contributed by atoms with Crippen molar-refractivity contribution in [2.24, 2.45) is 4.99 Å². The van der Waals surface area contributed by atoms with Gasteiger partial charge in [-0.25, -0.2) is 15.0 Å². The second kappa shape index (κ2) is 5.91. The Kier molecular flexibility index (Phi) is 3.48. The number of H-pyrrole nitrogens is 1. The van der Waals surface area contributed by atoms with Crippen LogP contribution < -0.4 is 0 Å². The quantitative estimate of drug-likeness (QED) is 0.449. The number of nitrogens with zero attached hydrogens (tertiary/aromatic N) is 7. The molecular weight excluding hydrogens is 352 g/mol. The van der Waals surface area contributed by atoms with Gasteiger partial charge in [0.15, 0.2) is 5.65 Å². The van der Waals surface area contributed by atoms with Gasteiger partial charge >= 0.3 is 0 Å². The molecule has 3 aromatic heterocycles. The predicted octanol–water partition coefficient (Wildman–Crippen LogP) is 3.65. The summed E-state index contributed by atoms with van der Waals surface area (Å²) in [5.74, 6) is 0.818. The first-order valence-corrected chi connectivity index (χ1v) is 8.98. The van der Waals surface area contributed by atoms with E-state index in [1.807, 2.05) is 47.1 Å². The topological polar surface area (TPSA) is 97.5 Å². The standard InChI is InChI=1S/C20H18N8/c1-20(2,3)28-17-10-15-7-6-13(23-15)8-12-4-5-14(22-12)9-16-11-21-18(24-16)25-19(28)27-26-17/h4-11,22H,1-3H3. The summed E-state index contributed by atoms with van der Waals surface area (Å²) < 4.78 is 1.97. The van der Waals surface area contributed by atoms with Crippen LogP contribution in [0.25, 0.3) is 34.6 Å². The zero-order valence-corrected chi connectivity index (χ0v) is 15.7. The van der Waals surface area contributed by atoms with Gasteiger partial charge in [0.1, 0.15) is 0 Å². The lowest BCUT2D eigenvalue weighted by Crippen LogP contribution is -2.21. The number of nitrogens with one attached hydrogen (secondary N) is 1. The largest absolute Gasteiger partial charge is 0.355 e. The highest BCUT2D eigenvalue weighted by Gasteiger charge is 2.19. The first-order valence-electron chi connectivity index (χ1n) is 8.98. The number of aliphatic imine (C=N–C) groups is 1. The SMILES string of the molecule is CC(C)(C)n1c2cc3nc(cc4ccc(cc5nc(nc1nn2)N=C5)[nH]4)C=C3. The predicted molar refractivity (Wildman–Crippen MR) is 109 cm³/mol. The van der Waals surface area contributed by atoms with E-state index in [0.29, 0.717) is 17.4 Å². The Hall–Kier alpha value is -3.68. The van der Waals surface area contributed by atoms with E-state index in [1.165, 1.54) is 0 Å². The maximum absolute atomic E-state index is 4.66. The van der Waals surface area contributed by atoms with E-state index >= 15 is 0 Å². The minimum absolute atomic E-state index is 0.276. The van der Waals surface area contributed by atoms with Crippen molar-refractivity contribution < 1.29 is 0 Å². The van der Waals surface area contributed by atoms with Crippen LogP contribution in [-0.4, -0.2) is 40.9 Å². The van der Waals surface area contributed by atoms with Crippen molar-refractivity contribution in [3.63, 3.8) is 0 Å². The van der Waals surface area contributed by atoms with Crippen LogP contribution in [0.4, 0.5) is 5.95 Å². The molecule has 5 heterocycles. The molecule has 1 N–H and O–H groups in total. The number of hydrogen-bond acceptors (Lipinski definition) is 6. The fraction of sp³-hybridized carbons (Fsp3) is 0.200. The molecule has 0 spiro atoms. The zero-order valence-electron chi connectivity index (χ0n) is 15.7. The molecule has 0 saturated carbocycles. The number of rotatable bonds is 0. The van der Waals surface area contributed by atoms with Crippen molar-refractivity contribution in [3.05, 3.63) is 47.4 Å². The fourth-order valence-corrected chi connectivity index (χ4v) is 3.21. The summed E-state index contributed by atoms with van der Waals surface area (Å²) in [5, 5.41) is 8.59. The fourth-order valence-electron chi connectivity index (χ4n) is 3.21. The molecule has 8 bridgehead atoms. The van der Waals surface area contributed by atoms with Crippen molar-refractivity contribution in [2.45, 2.75) is 26.3 Å². The Labute approximate surface area is 160 Å². The van der Waals surface area contributed by atoms with Crippen LogP contribution in [0.15, 0.2) is 35.3 Å². The molecule has 138 valence electrons. The number of hydrogen-bond donors (Lipinski definition) is 1. The van der Waals surface area contributed by atoms with E-state index in [9.17, 15) is 0 Å². The molecule has 8 heteroatoms. The van der Waals surface area contributed by atoms with Crippen LogP contribution in [-0.2, 0) is 5.54 Å². The average Bonchev–Trinajstić information content (AvgIpc) is 3.38. The van der Waals surface area contributed by atoms with Gasteiger partial charge in [-0.05, 0) is 57.2 Å². The smallest absolute Gasteiger partial charge is 0.254 e. The van der Waals surface area contributed by atoms with E-state index < -0.39 is 0 Å². The van der Waals surface area contributed by atoms with Gasteiger partial charge < -0.3 is 4.98 Å². The van der Waals surface area contributed by atoms with Gasteiger partial charge in [0.25, 0.3) is 11.7 Å². The molecule has 28 heavy (non-hydrogen) atoms. The van der Waals surface area contributed by atoms with Crippen LogP contribution in [0, 0.1) is 0 Å². The Morgan fingerprint density at radius 2 is 1.54 bits per heavy atom. The summed E-state index contributed by atoms with van der Waals surface area (Å²) in [6, 6.07) is 9.83. The molecule has 0 fully saturated rings. The first-order chi connectivity index (χ1) is 13.4. The van der Waals surface area contributed by atoms with Crippen LogP contribution in [0.2, 0.25) is 0 Å². The van der Waals surface area contributed by atoms with Gasteiger partial charge in [0.2, 0.25) is 0 Å². The summed E-state index contributed by atoms with van der Waals surface area (Å²) in [5.41, 5.74) is 4.71. The molecule has 2 aliphatic rings. The highest BCUT2D eigenvalue weighted by Crippen LogP contribution is 2.21. The van der Waals surface area contributed by atoms with Crippen molar-refractivity contribution in [3.8, 4) is 0 Å². The van der Waals surface area contributed by atoms with Gasteiger partial charge in [0, 0.05) is 22.6 Å². The van der Waals surface area contributed by atoms with Gasteiger partial charge in [-0.15, -0.1) is 10.2 Å². The molecule has 3 aromatic rings. The number of aromatic nitrogens is 7. The maximum atomic E-state index is 4.66. The lowest BCUT2D eigenvalue weighted by atomic mass is 10.1. The summed E-state index contributed by atoms with van der Waals surface area (Å²) in [6.45, 7) is 6.24. The summed E-state index contributed by atoms with van der Waals surface area (Å²) in [4.78, 5) is 21.3. The van der Waals surface area contributed by atoms with E-state index in [0.717, 1.165) is 28.1 Å². The van der Waals surface area contributed by atoms with E-state index in [2.05, 4.69) is 55.9 Å². The molecule has 0 aliphatic carbocycles. The molecule has 8 nitrogen and oxygen atoms in total. The van der Waals surface area contributed by atoms with Gasteiger partial charge in [0.05, 0.1) is 23.3 Å². The maximum Gasteiger partial charge on any atom is 0.254 e. The molecule has 5 rings (SSSR count). The highest BCUT2D eigenvalue weighted by molar-refractivity contribution is 5.83. The Balaban J connectivity index is 1.90. The lowest BCUT2D eigenvalue weighted by Gasteiger charge is -2.20. The Bertz CT molecular complexity index is 1210. The lowest BCUT2D eigenvalue weighted by molar-refractivity contribution is 0.418. The zero-order chi connectivity index (χ0) is 19.3. The van der Waals surface area contributed by atoms with E-state index in [-0.39, 0.29) is 5.54 Å². The second-order valence-electron chi connectivity index (χ2n) is 7.67. The summed E-state index contributed by atoms with van der Waals surface area (Å²) in [6.07, 6.45) is 5.63. The van der Waals surface area contributed by atoms with Gasteiger partial charge in [-0.2, -0.15) is 4.98 Å². The van der Waals surface area contributed by atoms with Crippen molar-refractivity contribution in [1.82, 2.24) is 34.7 Å². The van der Waals surface area contributed by atoms with Crippen LogP contribution >= 0.6 is 0 Å². The van der Waals surface area contributed by atoms with Crippen molar-refractivity contribution >= 4 is 46.8 Å². The minimum atomic E-state index is -0.276. The molecule has 0 aromatic carbocycles. The third kappa shape index (κ3) is 2.98. The molecule has 0 radical (unpaired) electrons. The van der Waals surface area contributed by atoms with E-state index in [1.54, 1.807) is 6.21 Å². The minimum Gasteiger partial charge on any atom is -0.355 e. The normalized spacial score (nSPS) is 13.2. The summed E-state index contributed by atoms with van der Waals surface area (Å²) in [7, 11) is 0. The number of aromatic amines is 1. The van der Waals surface area contributed by atoms with Crippen molar-refractivity contribution in [2.75, 3.05) is 0 Å². The van der Waals surface area contributed by atoms with E-state index in [4.69, 9.17) is 0 Å². The monoisotopic (exact) mass is 370 g/mol. The average molecular weight is 370 g/mol. The molecule has 2 aliphatic heterocycles. The Morgan fingerprint density at radius 3 is 2.29 bits per heavy atom. The van der Waals surface area contributed by atoms with Gasteiger partial charge in [-0.3, -0.25) is 4.57 Å². The molecule has 0 amide bonds. The summed E-state index contributed by atoms with van der Waals surface area (Å²) >= 11 is 0. The highest BCUT2D eigenvalue weighted by atomic mass is 15.3. The molecule has 0 saturated heterocycles.